The first-order valence-corrected chi connectivity index (χ1v) is 9.00. The van der Waals surface area contributed by atoms with Crippen LogP contribution in [0.25, 0.3) is 10.8 Å². The molecule has 28 heavy (non-hydrogen) atoms. The molecule has 2 aromatic rings. The number of hydrogen-bond acceptors (Lipinski definition) is 6. The average Bonchev–Trinajstić information content (AvgIpc) is 2.95. The highest BCUT2D eigenvalue weighted by atomic mass is 19.1. The number of carbonyl (C=O) groups is 2. The minimum absolute atomic E-state index is 0.201. The molecule has 1 aliphatic rings. The summed E-state index contributed by atoms with van der Waals surface area (Å²) in [5.74, 6) is -0.998. The molecule has 8 nitrogen and oxygen atoms in total. The van der Waals surface area contributed by atoms with E-state index >= 15 is 0 Å². The van der Waals surface area contributed by atoms with Gasteiger partial charge in [-0.05, 0) is 18.6 Å². The number of amides is 2. The lowest BCUT2D eigenvalue weighted by Gasteiger charge is -2.18. The van der Waals surface area contributed by atoms with Gasteiger partial charge in [0.1, 0.15) is 5.75 Å². The summed E-state index contributed by atoms with van der Waals surface area (Å²) in [4.78, 5) is 27.4. The lowest BCUT2D eigenvalue weighted by molar-refractivity contribution is -0.123. The van der Waals surface area contributed by atoms with Crippen molar-refractivity contribution in [1.29, 1.82) is 0 Å². The predicted octanol–water partition coefficient (Wildman–Crippen LogP) is 1.56. The summed E-state index contributed by atoms with van der Waals surface area (Å²) in [6.07, 6.45) is 0.940. The van der Waals surface area contributed by atoms with E-state index in [1.54, 1.807) is 12.1 Å². The summed E-state index contributed by atoms with van der Waals surface area (Å²) in [7, 11) is 1.43. The molecule has 1 fully saturated rings. The maximum atomic E-state index is 13.9. The van der Waals surface area contributed by atoms with Gasteiger partial charge >= 0.3 is 0 Å². The number of primary amides is 1. The van der Waals surface area contributed by atoms with Crippen LogP contribution in [0.15, 0.2) is 18.3 Å². The van der Waals surface area contributed by atoms with Crippen molar-refractivity contribution in [3.63, 3.8) is 0 Å². The summed E-state index contributed by atoms with van der Waals surface area (Å²) in [5, 5.41) is 3.79. The van der Waals surface area contributed by atoms with Crippen LogP contribution in [-0.4, -0.2) is 42.7 Å². The number of nitrogens with two attached hydrogens (primary N) is 2. The minimum Gasteiger partial charge on any atom is -0.496 e. The molecule has 0 spiro atoms. The standard InChI is InChI=1S/C19H23FN4O4/c1-3-9-14(24-18(26)16(9)20)4-5-28-19-11-7-15(27-2)12(17(22)25)6-10(11)13(21)8-23-19/h6-9,14,16H,3-5,21H2,1-2H3,(H2,22,25)(H,24,26)/t9-,14+,16-/m0/s1. The zero-order chi connectivity index (χ0) is 20.4. The Kier molecular flexibility index (Phi) is 5.53. The number of aromatic nitrogens is 1. The molecule has 1 aromatic carbocycles. The lowest BCUT2D eigenvalue weighted by atomic mass is 9.94. The molecule has 2 amide bonds. The highest BCUT2D eigenvalue weighted by molar-refractivity contribution is 6.04. The van der Waals surface area contributed by atoms with Crippen molar-refractivity contribution in [2.24, 2.45) is 11.7 Å². The number of alkyl halides is 1. The second-order valence-corrected chi connectivity index (χ2v) is 6.71. The minimum atomic E-state index is -1.48. The number of anilines is 1. The second kappa shape index (κ2) is 7.87. The van der Waals surface area contributed by atoms with Crippen molar-refractivity contribution in [2.75, 3.05) is 19.5 Å². The van der Waals surface area contributed by atoms with Crippen LogP contribution in [0.2, 0.25) is 0 Å². The Morgan fingerprint density at radius 1 is 1.36 bits per heavy atom. The zero-order valence-corrected chi connectivity index (χ0v) is 15.7. The number of nitrogen functional groups attached to an aromatic ring is 1. The SMILES string of the molecule is CC[C@@H]1[C@H](F)C(=O)N[C@@H]1CCOc1ncc(N)c2cc(C(N)=O)c(OC)cc12. The zero-order valence-electron chi connectivity index (χ0n) is 15.7. The average molecular weight is 390 g/mol. The first kappa shape index (κ1) is 19.7. The van der Waals surface area contributed by atoms with Crippen LogP contribution >= 0.6 is 0 Å². The van der Waals surface area contributed by atoms with Gasteiger partial charge in [-0.1, -0.05) is 6.92 Å². The quantitative estimate of drug-likeness (QED) is 0.658. The van der Waals surface area contributed by atoms with Crippen molar-refractivity contribution in [3.05, 3.63) is 23.9 Å². The lowest BCUT2D eigenvalue weighted by Crippen LogP contribution is -2.30. The molecule has 3 atom stereocenters. The van der Waals surface area contributed by atoms with Gasteiger partial charge in [-0.15, -0.1) is 0 Å². The van der Waals surface area contributed by atoms with Crippen LogP contribution in [0.5, 0.6) is 11.6 Å². The van der Waals surface area contributed by atoms with Crippen molar-refractivity contribution in [3.8, 4) is 11.6 Å². The third kappa shape index (κ3) is 3.51. The molecule has 1 aromatic heterocycles. The molecule has 0 aliphatic carbocycles. The third-order valence-corrected chi connectivity index (χ3v) is 5.08. The number of rotatable bonds is 7. The number of halogens is 1. The maximum Gasteiger partial charge on any atom is 0.255 e. The fraction of sp³-hybridized carbons (Fsp3) is 0.421. The monoisotopic (exact) mass is 390 g/mol. The second-order valence-electron chi connectivity index (χ2n) is 6.71. The molecule has 1 saturated heterocycles. The van der Waals surface area contributed by atoms with Gasteiger partial charge in [0.15, 0.2) is 6.17 Å². The fourth-order valence-corrected chi connectivity index (χ4v) is 3.57. The Morgan fingerprint density at radius 3 is 2.75 bits per heavy atom. The molecular weight excluding hydrogens is 367 g/mol. The molecule has 0 saturated carbocycles. The number of benzene rings is 1. The largest absolute Gasteiger partial charge is 0.496 e. The highest BCUT2D eigenvalue weighted by Crippen LogP contribution is 2.34. The number of hydrogen-bond donors (Lipinski definition) is 3. The van der Waals surface area contributed by atoms with Crippen molar-refractivity contribution >= 4 is 28.3 Å². The van der Waals surface area contributed by atoms with Crippen LogP contribution < -0.4 is 26.3 Å². The van der Waals surface area contributed by atoms with Gasteiger partial charge in [-0.25, -0.2) is 9.37 Å². The maximum absolute atomic E-state index is 13.9. The number of methoxy groups -OCH3 is 1. The molecule has 0 unspecified atom stereocenters. The van der Waals surface area contributed by atoms with Crippen molar-refractivity contribution in [1.82, 2.24) is 10.3 Å². The van der Waals surface area contributed by atoms with E-state index in [2.05, 4.69) is 10.3 Å². The normalized spacial score (nSPS) is 21.5. The van der Waals surface area contributed by atoms with Gasteiger partial charge in [-0.2, -0.15) is 0 Å². The summed E-state index contributed by atoms with van der Waals surface area (Å²) in [5.41, 5.74) is 11.9. The van der Waals surface area contributed by atoms with E-state index in [-0.39, 0.29) is 29.9 Å². The van der Waals surface area contributed by atoms with Gasteiger partial charge in [0.25, 0.3) is 11.8 Å². The number of nitrogens with one attached hydrogen (secondary N) is 1. The first-order valence-electron chi connectivity index (χ1n) is 9.00. The van der Waals surface area contributed by atoms with Gasteiger partial charge < -0.3 is 26.3 Å². The number of ether oxygens (including phenoxy) is 2. The molecular formula is C19H23FN4O4. The highest BCUT2D eigenvalue weighted by Gasteiger charge is 2.41. The number of pyridine rings is 1. The molecule has 5 N–H and O–H groups in total. The Labute approximate surface area is 161 Å². The smallest absolute Gasteiger partial charge is 0.255 e. The van der Waals surface area contributed by atoms with Crippen molar-refractivity contribution in [2.45, 2.75) is 32.0 Å². The topological polar surface area (TPSA) is 130 Å². The molecule has 150 valence electrons. The van der Waals surface area contributed by atoms with E-state index in [1.807, 2.05) is 6.92 Å². The molecule has 0 radical (unpaired) electrons. The summed E-state index contributed by atoms with van der Waals surface area (Å²) in [6.45, 7) is 2.07. The Bertz CT molecular complexity index is 920. The van der Waals surface area contributed by atoms with Gasteiger partial charge in [0.05, 0.1) is 31.2 Å². The molecule has 0 bridgehead atoms. The molecule has 9 heteroatoms. The van der Waals surface area contributed by atoms with E-state index in [0.29, 0.717) is 35.2 Å². The van der Waals surface area contributed by atoms with Crippen LogP contribution in [-0.2, 0) is 4.79 Å². The molecule has 2 heterocycles. The van der Waals surface area contributed by atoms with E-state index in [1.165, 1.54) is 13.3 Å². The Morgan fingerprint density at radius 2 is 2.11 bits per heavy atom. The Balaban J connectivity index is 1.83. The summed E-state index contributed by atoms with van der Waals surface area (Å²) >= 11 is 0. The molecule has 1 aliphatic heterocycles. The van der Waals surface area contributed by atoms with E-state index in [0.717, 1.165) is 0 Å². The van der Waals surface area contributed by atoms with Crippen molar-refractivity contribution < 1.29 is 23.5 Å². The summed E-state index contributed by atoms with van der Waals surface area (Å²) < 4.78 is 24.9. The number of carbonyl (C=O) groups excluding carboxylic acids is 2. The van der Waals surface area contributed by atoms with E-state index in [9.17, 15) is 14.0 Å². The third-order valence-electron chi connectivity index (χ3n) is 5.08. The van der Waals surface area contributed by atoms with Gasteiger partial charge in [-0.3, -0.25) is 9.59 Å². The van der Waals surface area contributed by atoms with Gasteiger partial charge in [0, 0.05) is 29.2 Å². The van der Waals surface area contributed by atoms with Crippen LogP contribution in [0.4, 0.5) is 10.1 Å². The first-order chi connectivity index (χ1) is 13.4. The number of fused-ring (bicyclic) bond motifs is 1. The summed E-state index contributed by atoms with van der Waals surface area (Å²) in [6, 6.07) is 2.85. The van der Waals surface area contributed by atoms with Gasteiger partial charge in [0.2, 0.25) is 5.88 Å². The van der Waals surface area contributed by atoms with Crippen LogP contribution in [0, 0.1) is 5.92 Å². The van der Waals surface area contributed by atoms with E-state index in [4.69, 9.17) is 20.9 Å². The van der Waals surface area contributed by atoms with E-state index < -0.39 is 18.0 Å². The number of nitrogens with zero attached hydrogens (tertiary/aromatic N) is 1. The van der Waals surface area contributed by atoms with Crippen LogP contribution in [0.1, 0.15) is 30.1 Å². The Hall–Kier alpha value is -3.10. The predicted molar refractivity (Wildman–Crippen MR) is 102 cm³/mol. The fourth-order valence-electron chi connectivity index (χ4n) is 3.57. The molecule has 3 rings (SSSR count). The van der Waals surface area contributed by atoms with Crippen LogP contribution in [0.3, 0.4) is 0 Å².